The number of hydrogen-bond donors (Lipinski definition) is 2. The average molecular weight is 350 g/mol. The molecule has 1 aromatic rings. The Morgan fingerprint density at radius 3 is 2.72 bits per heavy atom. The van der Waals surface area contributed by atoms with Crippen molar-refractivity contribution in [2.24, 2.45) is 0 Å². The Morgan fingerprint density at radius 1 is 1.32 bits per heavy atom. The van der Waals surface area contributed by atoms with Crippen molar-refractivity contribution in [1.82, 2.24) is 15.2 Å². The second kappa shape index (κ2) is 9.33. The minimum Gasteiger partial charge on any atom is -0.475 e. The first-order chi connectivity index (χ1) is 12.0. The van der Waals surface area contributed by atoms with Crippen LogP contribution in [0, 0.1) is 0 Å². The molecular weight excluding hydrogens is 324 g/mol. The summed E-state index contributed by atoms with van der Waals surface area (Å²) in [4.78, 5) is 30.4. The van der Waals surface area contributed by atoms with Crippen LogP contribution in [0.1, 0.15) is 20.3 Å². The van der Waals surface area contributed by atoms with E-state index in [9.17, 15) is 9.59 Å². The van der Waals surface area contributed by atoms with Gasteiger partial charge in [-0.15, -0.1) is 0 Å². The van der Waals surface area contributed by atoms with Gasteiger partial charge in [0.2, 0.25) is 5.88 Å². The molecule has 1 saturated heterocycles. The zero-order chi connectivity index (χ0) is 18.2. The predicted octanol–water partition coefficient (Wildman–Crippen LogP) is 0.644. The fourth-order valence-corrected chi connectivity index (χ4v) is 2.58. The van der Waals surface area contributed by atoms with Crippen molar-refractivity contribution < 1.29 is 19.1 Å². The lowest BCUT2D eigenvalue weighted by Crippen LogP contribution is -2.43. The van der Waals surface area contributed by atoms with Crippen molar-refractivity contribution in [1.29, 1.82) is 0 Å². The smallest absolute Gasteiger partial charge is 0.313 e. The molecule has 2 heterocycles. The van der Waals surface area contributed by atoms with E-state index in [4.69, 9.17) is 9.47 Å². The number of amides is 2. The van der Waals surface area contributed by atoms with Gasteiger partial charge in [-0.2, -0.15) is 0 Å². The zero-order valence-corrected chi connectivity index (χ0v) is 14.9. The molecule has 1 fully saturated rings. The molecule has 0 aliphatic carbocycles. The number of hydrogen-bond acceptors (Lipinski definition) is 6. The molecule has 1 atom stereocenters. The fourth-order valence-electron chi connectivity index (χ4n) is 2.58. The van der Waals surface area contributed by atoms with Crippen LogP contribution in [0.2, 0.25) is 0 Å². The number of pyridine rings is 1. The molecule has 0 aromatic carbocycles. The van der Waals surface area contributed by atoms with Gasteiger partial charge in [0, 0.05) is 38.3 Å². The molecule has 0 saturated carbocycles. The van der Waals surface area contributed by atoms with E-state index in [0.29, 0.717) is 30.8 Å². The Kier molecular flexibility index (Phi) is 7.15. The van der Waals surface area contributed by atoms with E-state index in [1.165, 1.54) is 6.20 Å². The van der Waals surface area contributed by atoms with Gasteiger partial charge in [-0.05, 0) is 26.3 Å². The molecule has 0 bridgehead atoms. The molecule has 25 heavy (non-hydrogen) atoms. The van der Waals surface area contributed by atoms with E-state index < -0.39 is 11.8 Å². The van der Waals surface area contributed by atoms with Gasteiger partial charge in [0.1, 0.15) is 6.61 Å². The second-order valence-electron chi connectivity index (χ2n) is 6.23. The van der Waals surface area contributed by atoms with E-state index >= 15 is 0 Å². The Labute approximate surface area is 147 Å². The van der Waals surface area contributed by atoms with Gasteiger partial charge >= 0.3 is 11.8 Å². The predicted molar refractivity (Wildman–Crippen MR) is 93.5 cm³/mol. The van der Waals surface area contributed by atoms with Crippen molar-refractivity contribution in [3.05, 3.63) is 18.3 Å². The van der Waals surface area contributed by atoms with Crippen LogP contribution in [0.4, 0.5) is 5.69 Å². The highest BCUT2D eigenvalue weighted by atomic mass is 16.5. The minimum absolute atomic E-state index is 0.00957. The highest BCUT2D eigenvalue weighted by molar-refractivity contribution is 6.39. The van der Waals surface area contributed by atoms with Gasteiger partial charge in [-0.25, -0.2) is 4.98 Å². The van der Waals surface area contributed by atoms with Crippen LogP contribution in [0.25, 0.3) is 0 Å². The van der Waals surface area contributed by atoms with Gasteiger partial charge in [-0.1, -0.05) is 0 Å². The third-order valence-corrected chi connectivity index (χ3v) is 4.02. The summed E-state index contributed by atoms with van der Waals surface area (Å²) in [5, 5.41) is 5.31. The van der Waals surface area contributed by atoms with E-state index in [0.717, 1.165) is 19.5 Å². The Bertz CT molecular complexity index is 577. The van der Waals surface area contributed by atoms with Crippen molar-refractivity contribution in [3.8, 4) is 5.88 Å². The average Bonchev–Trinajstić information content (AvgIpc) is 3.05. The van der Waals surface area contributed by atoms with Crippen molar-refractivity contribution in [2.75, 3.05) is 38.7 Å². The molecule has 0 radical (unpaired) electrons. The fraction of sp³-hybridized carbons (Fsp3) is 0.588. The Balaban J connectivity index is 1.78. The number of ether oxygens (including phenoxy) is 2. The van der Waals surface area contributed by atoms with Gasteiger partial charge in [-0.3, -0.25) is 14.5 Å². The summed E-state index contributed by atoms with van der Waals surface area (Å²) in [5.74, 6) is -0.895. The van der Waals surface area contributed by atoms with E-state index in [1.807, 2.05) is 0 Å². The molecule has 8 heteroatoms. The number of methoxy groups -OCH3 is 1. The van der Waals surface area contributed by atoms with E-state index in [1.54, 1.807) is 19.2 Å². The van der Waals surface area contributed by atoms with Crippen LogP contribution in [-0.4, -0.2) is 67.2 Å². The van der Waals surface area contributed by atoms with Crippen molar-refractivity contribution in [2.45, 2.75) is 32.4 Å². The van der Waals surface area contributed by atoms with Gasteiger partial charge < -0.3 is 20.1 Å². The van der Waals surface area contributed by atoms with Crippen LogP contribution in [0.3, 0.4) is 0 Å². The van der Waals surface area contributed by atoms with Crippen LogP contribution in [-0.2, 0) is 14.3 Å². The number of carbonyl (C=O) groups is 2. The molecule has 138 valence electrons. The van der Waals surface area contributed by atoms with Gasteiger partial charge in [0.25, 0.3) is 0 Å². The molecule has 2 amide bonds. The molecule has 1 aliphatic heterocycles. The minimum atomic E-state index is -0.696. The summed E-state index contributed by atoms with van der Waals surface area (Å²) in [6.07, 6.45) is 2.30. The lowest BCUT2D eigenvalue weighted by Gasteiger charge is -2.20. The second-order valence-corrected chi connectivity index (χ2v) is 6.23. The lowest BCUT2D eigenvalue weighted by molar-refractivity contribution is -0.136. The maximum Gasteiger partial charge on any atom is 0.313 e. The molecular formula is C17H26N4O4. The lowest BCUT2D eigenvalue weighted by atomic mass is 10.2. The first-order valence-electron chi connectivity index (χ1n) is 8.43. The third-order valence-electron chi connectivity index (χ3n) is 4.02. The van der Waals surface area contributed by atoms with Gasteiger partial charge in [0.15, 0.2) is 0 Å². The van der Waals surface area contributed by atoms with Crippen molar-refractivity contribution in [3.63, 3.8) is 0 Å². The maximum absolute atomic E-state index is 12.0. The van der Waals surface area contributed by atoms with E-state index in [2.05, 4.69) is 34.4 Å². The van der Waals surface area contributed by atoms with Crippen LogP contribution >= 0.6 is 0 Å². The number of rotatable bonds is 7. The number of anilines is 1. The number of aromatic nitrogens is 1. The number of carbonyl (C=O) groups excluding carboxylic acids is 2. The number of nitrogens with one attached hydrogen (secondary N) is 2. The highest BCUT2D eigenvalue weighted by Crippen LogP contribution is 2.13. The SMILES string of the molecule is COCCOc1ccc(NC(=O)C(=O)NC2CCN(C(C)C)C2)cn1. The Morgan fingerprint density at radius 2 is 2.12 bits per heavy atom. The molecule has 1 unspecified atom stereocenters. The molecule has 8 nitrogen and oxygen atoms in total. The highest BCUT2D eigenvalue weighted by Gasteiger charge is 2.27. The third kappa shape index (κ3) is 5.99. The summed E-state index contributed by atoms with van der Waals surface area (Å²) in [6.45, 7) is 6.80. The van der Waals surface area contributed by atoms with Crippen LogP contribution in [0.15, 0.2) is 18.3 Å². The van der Waals surface area contributed by atoms with Gasteiger partial charge in [0.05, 0.1) is 18.5 Å². The summed E-state index contributed by atoms with van der Waals surface area (Å²) >= 11 is 0. The topological polar surface area (TPSA) is 92.8 Å². The molecule has 2 rings (SSSR count). The number of nitrogens with zero attached hydrogens (tertiary/aromatic N) is 2. The summed E-state index contributed by atoms with van der Waals surface area (Å²) < 4.78 is 10.2. The Hall–Kier alpha value is -2.19. The summed E-state index contributed by atoms with van der Waals surface area (Å²) in [5.41, 5.74) is 0.439. The van der Waals surface area contributed by atoms with E-state index in [-0.39, 0.29) is 6.04 Å². The quantitative estimate of drug-likeness (QED) is 0.554. The summed E-state index contributed by atoms with van der Waals surface area (Å²) in [7, 11) is 1.59. The monoisotopic (exact) mass is 350 g/mol. The standard InChI is InChI=1S/C17H26N4O4/c1-12(2)21-7-6-14(11-21)20-17(23)16(22)19-13-4-5-15(18-10-13)25-9-8-24-3/h4-5,10,12,14H,6-9,11H2,1-3H3,(H,19,22)(H,20,23). The zero-order valence-electron chi connectivity index (χ0n) is 14.9. The molecule has 2 N–H and O–H groups in total. The van der Waals surface area contributed by atoms with Crippen LogP contribution in [0.5, 0.6) is 5.88 Å². The van der Waals surface area contributed by atoms with Crippen molar-refractivity contribution >= 4 is 17.5 Å². The first-order valence-corrected chi connectivity index (χ1v) is 8.43. The molecule has 1 aromatic heterocycles. The summed E-state index contributed by atoms with van der Waals surface area (Å²) in [6, 6.07) is 3.71. The normalized spacial score (nSPS) is 17.5. The molecule has 0 spiro atoms. The number of likely N-dealkylation sites (tertiary alicyclic amines) is 1. The largest absolute Gasteiger partial charge is 0.475 e. The maximum atomic E-state index is 12.0. The first kappa shape index (κ1) is 19.1. The molecule has 1 aliphatic rings. The van der Waals surface area contributed by atoms with Crippen LogP contribution < -0.4 is 15.4 Å².